The molecule has 9 rings (SSSR count). The van der Waals surface area contributed by atoms with Crippen molar-refractivity contribution in [1.82, 2.24) is 4.98 Å². The molecule has 2 heterocycles. The van der Waals surface area contributed by atoms with Crippen LogP contribution in [0, 0.1) is 0 Å². The molecule has 0 aliphatic rings. The molecule has 0 atom stereocenters. The third-order valence-corrected chi connectivity index (χ3v) is 9.83. The van der Waals surface area contributed by atoms with Gasteiger partial charge in [-0.2, -0.15) is 0 Å². The van der Waals surface area contributed by atoms with Gasteiger partial charge in [-0.15, -0.1) is 11.3 Å². The molecule has 0 radical (unpaired) electrons. The van der Waals surface area contributed by atoms with Gasteiger partial charge in [0, 0.05) is 33.0 Å². The van der Waals surface area contributed by atoms with E-state index in [2.05, 4.69) is 150 Å². The minimum absolute atomic E-state index is 1.08. The van der Waals surface area contributed by atoms with Crippen molar-refractivity contribution < 1.29 is 0 Å². The molecule has 0 saturated carbocycles. The molecule has 0 unspecified atom stereocenters. The van der Waals surface area contributed by atoms with Crippen molar-refractivity contribution in [2.45, 2.75) is 0 Å². The molecule has 206 valence electrons. The lowest BCUT2D eigenvalue weighted by Gasteiger charge is -2.27. The van der Waals surface area contributed by atoms with Crippen LogP contribution in [0.5, 0.6) is 0 Å². The van der Waals surface area contributed by atoms with Crippen molar-refractivity contribution >= 4 is 80.9 Å². The Hall–Kier alpha value is -5.51. The number of rotatable bonds is 4. The summed E-state index contributed by atoms with van der Waals surface area (Å²) >= 11 is 1.80. The Morgan fingerprint density at radius 1 is 0.432 bits per heavy atom. The first kappa shape index (κ1) is 25.0. The van der Waals surface area contributed by atoms with Crippen LogP contribution < -0.4 is 4.90 Å². The summed E-state index contributed by atoms with van der Waals surface area (Å²) in [5.74, 6) is 0. The first-order valence-electron chi connectivity index (χ1n) is 14.9. The molecule has 3 heteroatoms. The maximum Gasteiger partial charge on any atom is 0.0738 e. The fourth-order valence-electron chi connectivity index (χ4n) is 6.64. The summed E-state index contributed by atoms with van der Waals surface area (Å²) in [4.78, 5) is 7.14. The first-order chi connectivity index (χ1) is 21.8. The second-order valence-electron chi connectivity index (χ2n) is 11.2. The van der Waals surface area contributed by atoms with E-state index in [0.29, 0.717) is 0 Å². The van der Waals surface area contributed by atoms with Gasteiger partial charge >= 0.3 is 0 Å². The highest BCUT2D eigenvalue weighted by molar-refractivity contribution is 7.25. The van der Waals surface area contributed by atoms with Gasteiger partial charge < -0.3 is 4.90 Å². The average molecular weight is 579 g/mol. The topological polar surface area (TPSA) is 16.1 Å². The Labute approximate surface area is 259 Å². The van der Waals surface area contributed by atoms with Crippen molar-refractivity contribution in [2.75, 3.05) is 4.90 Å². The molecule has 0 N–H and O–H groups in total. The number of nitrogens with zero attached hydrogens (tertiary/aromatic N) is 2. The SMILES string of the molecule is c1ccc(-c2ccc(N(c3ccc4ccc5c6ccccc6ccc5c4c3)c3cncc4sc5ccccc5c34)cc2)cc1. The molecule has 0 aliphatic carbocycles. The molecule has 44 heavy (non-hydrogen) atoms. The lowest BCUT2D eigenvalue weighted by atomic mass is 9.96. The smallest absolute Gasteiger partial charge is 0.0738 e. The number of hydrogen-bond donors (Lipinski definition) is 0. The van der Waals surface area contributed by atoms with Crippen LogP contribution in [0.3, 0.4) is 0 Å². The third-order valence-electron chi connectivity index (χ3n) is 8.73. The van der Waals surface area contributed by atoms with Crippen LogP contribution in [0.25, 0.3) is 63.6 Å². The van der Waals surface area contributed by atoms with Crippen LogP contribution in [-0.2, 0) is 0 Å². The van der Waals surface area contributed by atoms with Crippen molar-refractivity contribution in [2.24, 2.45) is 0 Å². The van der Waals surface area contributed by atoms with Gasteiger partial charge in [0.15, 0.2) is 0 Å². The number of fused-ring (bicyclic) bond motifs is 8. The first-order valence-corrected chi connectivity index (χ1v) is 15.7. The molecule has 2 nitrogen and oxygen atoms in total. The number of pyridine rings is 1. The molecule has 0 fully saturated rings. The molecule has 7 aromatic carbocycles. The van der Waals surface area contributed by atoms with Crippen molar-refractivity contribution in [3.05, 3.63) is 158 Å². The Kier molecular flexibility index (Phi) is 5.71. The summed E-state index contributed by atoms with van der Waals surface area (Å²) < 4.78 is 2.46. The molecule has 0 aliphatic heterocycles. The number of hydrogen-bond acceptors (Lipinski definition) is 3. The summed E-state index contributed by atoms with van der Waals surface area (Å²) in [6, 6.07) is 52.7. The van der Waals surface area contributed by atoms with Crippen molar-refractivity contribution in [1.29, 1.82) is 0 Å². The summed E-state index contributed by atoms with van der Waals surface area (Å²) in [6.45, 7) is 0. The van der Waals surface area contributed by atoms with E-state index in [1.807, 2.05) is 12.4 Å². The second kappa shape index (κ2) is 10.0. The van der Waals surface area contributed by atoms with Gasteiger partial charge in [-0.3, -0.25) is 4.98 Å². The van der Waals surface area contributed by atoms with Gasteiger partial charge in [0.05, 0.1) is 16.6 Å². The van der Waals surface area contributed by atoms with E-state index in [4.69, 9.17) is 4.98 Å². The lowest BCUT2D eigenvalue weighted by Crippen LogP contribution is -2.10. The zero-order valence-corrected chi connectivity index (χ0v) is 24.6. The molecule has 9 aromatic rings. The minimum Gasteiger partial charge on any atom is -0.308 e. The molecular weight excluding hydrogens is 553 g/mol. The highest BCUT2D eigenvalue weighted by Crippen LogP contribution is 2.45. The lowest BCUT2D eigenvalue weighted by molar-refractivity contribution is 1.26. The monoisotopic (exact) mass is 578 g/mol. The third kappa shape index (κ3) is 3.98. The maximum absolute atomic E-state index is 4.76. The highest BCUT2D eigenvalue weighted by Gasteiger charge is 2.20. The Morgan fingerprint density at radius 2 is 1.07 bits per heavy atom. The van der Waals surface area contributed by atoms with Crippen LogP contribution in [0.1, 0.15) is 0 Å². The van der Waals surface area contributed by atoms with Crippen LogP contribution >= 0.6 is 11.3 Å². The maximum atomic E-state index is 4.76. The van der Waals surface area contributed by atoms with Crippen LogP contribution in [-0.4, -0.2) is 4.98 Å². The summed E-state index contributed by atoms with van der Waals surface area (Å²) in [5, 5.41) is 10.0. The fourth-order valence-corrected chi connectivity index (χ4v) is 7.73. The summed E-state index contributed by atoms with van der Waals surface area (Å²) in [6.07, 6.45) is 4.02. The zero-order chi connectivity index (χ0) is 29.0. The molecule has 0 saturated heterocycles. The van der Waals surface area contributed by atoms with Crippen LogP contribution in [0.15, 0.2) is 158 Å². The van der Waals surface area contributed by atoms with Crippen LogP contribution in [0.4, 0.5) is 17.1 Å². The van der Waals surface area contributed by atoms with Crippen molar-refractivity contribution in [3.63, 3.8) is 0 Å². The summed E-state index contributed by atoms with van der Waals surface area (Å²) in [7, 11) is 0. The number of benzene rings is 7. The molecular formula is C41H26N2S. The van der Waals surface area contributed by atoms with E-state index in [1.165, 1.54) is 63.6 Å². The largest absolute Gasteiger partial charge is 0.308 e. The predicted octanol–water partition coefficient (Wildman–Crippen LogP) is 12.0. The Bertz CT molecular complexity index is 2490. The van der Waals surface area contributed by atoms with E-state index in [0.717, 1.165) is 17.1 Å². The van der Waals surface area contributed by atoms with Crippen LogP contribution in [0.2, 0.25) is 0 Å². The highest BCUT2D eigenvalue weighted by atomic mass is 32.1. The van der Waals surface area contributed by atoms with Gasteiger partial charge in [0.2, 0.25) is 0 Å². The fraction of sp³-hybridized carbons (Fsp3) is 0. The van der Waals surface area contributed by atoms with E-state index in [9.17, 15) is 0 Å². The van der Waals surface area contributed by atoms with Gasteiger partial charge in [-0.1, -0.05) is 115 Å². The number of thiophene rings is 1. The van der Waals surface area contributed by atoms with Gasteiger partial charge in [0.25, 0.3) is 0 Å². The Morgan fingerprint density at radius 3 is 1.91 bits per heavy atom. The predicted molar refractivity (Wildman–Crippen MR) is 190 cm³/mol. The Balaban J connectivity index is 1.30. The van der Waals surface area contributed by atoms with E-state index >= 15 is 0 Å². The molecule has 2 aromatic heterocycles. The number of anilines is 3. The summed E-state index contributed by atoms with van der Waals surface area (Å²) in [5.41, 5.74) is 5.69. The van der Waals surface area contributed by atoms with E-state index in [1.54, 1.807) is 11.3 Å². The minimum atomic E-state index is 1.08. The van der Waals surface area contributed by atoms with Crippen molar-refractivity contribution in [3.8, 4) is 11.1 Å². The van der Waals surface area contributed by atoms with E-state index in [-0.39, 0.29) is 0 Å². The quantitative estimate of drug-likeness (QED) is 0.193. The standard InChI is InChI=1S/C41H26N2S/c1-2-8-27(9-3-1)28-14-19-31(20-15-28)43(38-25-42-26-40-41(38)36-12-6-7-13-39(36)44-40)32-21-16-30-18-22-34-33-11-5-4-10-29(33)17-23-35(34)37(30)24-32/h1-26H. The average Bonchev–Trinajstić information content (AvgIpc) is 3.48. The number of aromatic nitrogens is 1. The second-order valence-corrected chi connectivity index (χ2v) is 12.3. The zero-order valence-electron chi connectivity index (χ0n) is 23.8. The van der Waals surface area contributed by atoms with Gasteiger partial charge in [0.1, 0.15) is 0 Å². The molecule has 0 spiro atoms. The normalized spacial score (nSPS) is 11.6. The molecule has 0 bridgehead atoms. The van der Waals surface area contributed by atoms with Gasteiger partial charge in [-0.25, -0.2) is 0 Å². The molecule has 0 amide bonds. The van der Waals surface area contributed by atoms with E-state index < -0.39 is 0 Å². The van der Waals surface area contributed by atoms with Gasteiger partial charge in [-0.05, 0) is 73.8 Å².